The molecule has 2 aliphatic rings. The molecule has 27 heavy (non-hydrogen) atoms. The molecule has 2 bridgehead atoms. The molecule has 4 rings (SSSR count). The molecule has 2 aliphatic heterocycles. The zero-order valence-electron chi connectivity index (χ0n) is 16.0. The summed E-state index contributed by atoms with van der Waals surface area (Å²) >= 11 is 0. The van der Waals surface area contributed by atoms with E-state index in [0.717, 1.165) is 12.8 Å². The summed E-state index contributed by atoms with van der Waals surface area (Å²) < 4.78 is 10.7. The van der Waals surface area contributed by atoms with Gasteiger partial charge >= 0.3 is 0 Å². The zero-order chi connectivity index (χ0) is 18.8. The summed E-state index contributed by atoms with van der Waals surface area (Å²) in [6.07, 6.45) is 5.82. The molecular weight excluding hydrogens is 344 g/mol. The van der Waals surface area contributed by atoms with Gasteiger partial charge in [-0.05, 0) is 44.9 Å². The highest BCUT2D eigenvalue weighted by molar-refractivity contribution is 6.04. The lowest BCUT2D eigenvalue weighted by Crippen LogP contribution is -2.55. The molecule has 2 atom stereocenters. The van der Waals surface area contributed by atoms with Crippen LogP contribution < -0.4 is 10.6 Å². The monoisotopic (exact) mass is 372 g/mol. The number of nitrogens with zero attached hydrogens (tertiary/aromatic N) is 2. The molecule has 1 aromatic heterocycles. The van der Waals surface area contributed by atoms with E-state index in [1.165, 1.54) is 19.3 Å². The largest absolute Gasteiger partial charge is 0.424 e. The van der Waals surface area contributed by atoms with Crippen LogP contribution in [0.5, 0.6) is 0 Å². The van der Waals surface area contributed by atoms with Gasteiger partial charge in [0, 0.05) is 31.8 Å². The lowest BCUT2D eigenvalue weighted by molar-refractivity contribution is 0.0463. The van der Waals surface area contributed by atoms with Gasteiger partial charge in [0.1, 0.15) is 5.52 Å². The number of hydrogen-bond donors (Lipinski definition) is 2. The standard InChI is InChI=1S/C20H28N4O3/c1-24-14-5-3-6-15(24)12-13(11-14)22-19(25)16-7-4-8-17-18(16)23-20(27-17)21-9-10-26-2/h4,7-8,13-15H,3,5-6,9-12H2,1-2H3,(H,21,23)(H,22,25). The number of oxazole rings is 1. The Hall–Kier alpha value is -2.12. The predicted octanol–water partition coefficient (Wildman–Crippen LogP) is 2.63. The molecule has 2 aromatic rings. The molecular formula is C20H28N4O3. The molecule has 0 radical (unpaired) electrons. The van der Waals surface area contributed by atoms with Crippen LogP contribution in [0.1, 0.15) is 42.5 Å². The third-order valence-electron chi connectivity index (χ3n) is 5.92. The molecule has 2 fully saturated rings. The van der Waals surface area contributed by atoms with Gasteiger partial charge in [-0.1, -0.05) is 12.5 Å². The maximum absolute atomic E-state index is 13.0. The van der Waals surface area contributed by atoms with Gasteiger partial charge in [-0.15, -0.1) is 0 Å². The first-order chi connectivity index (χ1) is 13.2. The molecule has 0 saturated carbocycles. The lowest BCUT2D eigenvalue weighted by atomic mass is 9.82. The van der Waals surface area contributed by atoms with Crippen LogP contribution in [-0.4, -0.2) is 61.2 Å². The number of para-hydroxylation sites is 1. The van der Waals surface area contributed by atoms with Crippen LogP contribution in [0, 0.1) is 0 Å². The fraction of sp³-hybridized carbons (Fsp3) is 0.600. The number of carbonyl (C=O) groups is 1. The number of benzene rings is 1. The maximum Gasteiger partial charge on any atom is 0.295 e. The predicted molar refractivity (Wildman–Crippen MR) is 104 cm³/mol. The first-order valence-corrected chi connectivity index (χ1v) is 9.81. The molecule has 1 amide bonds. The van der Waals surface area contributed by atoms with E-state index >= 15 is 0 Å². The number of piperidine rings is 2. The molecule has 7 nitrogen and oxygen atoms in total. The molecule has 146 valence electrons. The van der Waals surface area contributed by atoms with E-state index in [1.807, 2.05) is 18.2 Å². The summed E-state index contributed by atoms with van der Waals surface area (Å²) in [5, 5.41) is 6.32. The van der Waals surface area contributed by atoms with E-state index in [9.17, 15) is 4.79 Å². The van der Waals surface area contributed by atoms with Crippen molar-refractivity contribution in [3.05, 3.63) is 23.8 Å². The zero-order valence-corrected chi connectivity index (χ0v) is 16.0. The number of carbonyl (C=O) groups excluding carboxylic acids is 1. The number of methoxy groups -OCH3 is 1. The van der Waals surface area contributed by atoms with Gasteiger partial charge in [-0.25, -0.2) is 0 Å². The van der Waals surface area contributed by atoms with Crippen molar-refractivity contribution in [1.82, 2.24) is 15.2 Å². The summed E-state index contributed by atoms with van der Waals surface area (Å²) in [5.74, 6) is -0.0648. The average Bonchev–Trinajstić information content (AvgIpc) is 3.05. The highest BCUT2D eigenvalue weighted by atomic mass is 16.5. The Morgan fingerprint density at radius 2 is 2.11 bits per heavy atom. The van der Waals surface area contributed by atoms with Crippen molar-refractivity contribution in [2.45, 2.75) is 50.2 Å². The van der Waals surface area contributed by atoms with Gasteiger partial charge in [0.2, 0.25) is 0 Å². The maximum atomic E-state index is 13.0. The SMILES string of the molecule is COCCNc1nc2c(C(=O)NC3CC4CCCC(C3)N4C)cccc2o1. The van der Waals surface area contributed by atoms with Gasteiger partial charge in [0.05, 0.1) is 12.2 Å². The van der Waals surface area contributed by atoms with Crippen LogP contribution in [0.15, 0.2) is 22.6 Å². The molecule has 2 N–H and O–H groups in total. The Labute approximate surface area is 159 Å². The number of hydrogen-bond acceptors (Lipinski definition) is 6. The Kier molecular flexibility index (Phi) is 5.31. The van der Waals surface area contributed by atoms with Crippen molar-refractivity contribution in [3.63, 3.8) is 0 Å². The van der Waals surface area contributed by atoms with Crippen molar-refractivity contribution < 1.29 is 13.9 Å². The van der Waals surface area contributed by atoms with E-state index in [1.54, 1.807) is 7.11 Å². The van der Waals surface area contributed by atoms with Crippen LogP contribution in [0.4, 0.5) is 6.01 Å². The average molecular weight is 372 g/mol. The molecule has 2 unspecified atom stereocenters. The smallest absolute Gasteiger partial charge is 0.295 e. The fourth-order valence-corrected chi connectivity index (χ4v) is 4.46. The highest BCUT2D eigenvalue weighted by Gasteiger charge is 2.36. The van der Waals surface area contributed by atoms with Crippen LogP contribution in [0.2, 0.25) is 0 Å². The number of ether oxygens (including phenoxy) is 1. The fourth-order valence-electron chi connectivity index (χ4n) is 4.46. The van der Waals surface area contributed by atoms with Crippen LogP contribution in [-0.2, 0) is 4.74 Å². The topological polar surface area (TPSA) is 79.6 Å². The number of fused-ring (bicyclic) bond motifs is 3. The Morgan fingerprint density at radius 3 is 2.85 bits per heavy atom. The minimum atomic E-state index is -0.0648. The normalized spacial score (nSPS) is 25.5. The number of rotatable bonds is 6. The van der Waals surface area contributed by atoms with Gasteiger partial charge in [-0.2, -0.15) is 4.98 Å². The second-order valence-corrected chi connectivity index (χ2v) is 7.64. The van der Waals surface area contributed by atoms with E-state index in [2.05, 4.69) is 27.6 Å². The van der Waals surface area contributed by atoms with Crippen molar-refractivity contribution in [2.24, 2.45) is 0 Å². The molecule has 1 aromatic carbocycles. The van der Waals surface area contributed by atoms with Crippen molar-refractivity contribution in [3.8, 4) is 0 Å². The van der Waals surface area contributed by atoms with Gasteiger partial charge in [-0.3, -0.25) is 4.79 Å². The highest BCUT2D eigenvalue weighted by Crippen LogP contribution is 2.33. The summed E-state index contributed by atoms with van der Waals surface area (Å²) in [6, 6.07) is 7.30. The van der Waals surface area contributed by atoms with Crippen LogP contribution in [0.3, 0.4) is 0 Å². The van der Waals surface area contributed by atoms with E-state index in [-0.39, 0.29) is 11.9 Å². The van der Waals surface area contributed by atoms with Gasteiger partial charge < -0.3 is 24.7 Å². The second-order valence-electron chi connectivity index (χ2n) is 7.64. The lowest BCUT2D eigenvalue weighted by Gasteiger charge is -2.47. The van der Waals surface area contributed by atoms with Crippen molar-refractivity contribution in [1.29, 1.82) is 0 Å². The summed E-state index contributed by atoms with van der Waals surface area (Å²) in [6.45, 7) is 1.16. The second kappa shape index (κ2) is 7.86. The molecule has 2 saturated heterocycles. The molecule has 3 heterocycles. The molecule has 0 spiro atoms. The first kappa shape index (κ1) is 18.3. The van der Waals surface area contributed by atoms with Crippen LogP contribution >= 0.6 is 0 Å². The van der Waals surface area contributed by atoms with Crippen molar-refractivity contribution in [2.75, 3.05) is 32.6 Å². The van der Waals surface area contributed by atoms with E-state index in [0.29, 0.717) is 47.9 Å². The molecule has 7 heteroatoms. The van der Waals surface area contributed by atoms with Gasteiger partial charge in [0.15, 0.2) is 5.58 Å². The minimum absolute atomic E-state index is 0.0648. The molecule has 0 aliphatic carbocycles. The number of aromatic nitrogens is 1. The summed E-state index contributed by atoms with van der Waals surface area (Å²) in [5.41, 5.74) is 1.78. The van der Waals surface area contributed by atoms with Crippen LogP contribution in [0.25, 0.3) is 11.1 Å². The van der Waals surface area contributed by atoms with E-state index < -0.39 is 0 Å². The Bertz CT molecular complexity index is 792. The Balaban J connectivity index is 1.47. The Morgan fingerprint density at radius 1 is 1.33 bits per heavy atom. The minimum Gasteiger partial charge on any atom is -0.424 e. The first-order valence-electron chi connectivity index (χ1n) is 9.81. The summed E-state index contributed by atoms with van der Waals surface area (Å²) in [7, 11) is 3.87. The third kappa shape index (κ3) is 3.80. The quantitative estimate of drug-likeness (QED) is 0.759. The van der Waals surface area contributed by atoms with Crippen molar-refractivity contribution >= 4 is 23.0 Å². The third-order valence-corrected chi connectivity index (χ3v) is 5.92. The summed E-state index contributed by atoms with van der Waals surface area (Å²) in [4.78, 5) is 19.9. The van der Waals surface area contributed by atoms with E-state index in [4.69, 9.17) is 9.15 Å². The number of anilines is 1. The number of amides is 1. The number of nitrogens with one attached hydrogen (secondary N) is 2. The van der Waals surface area contributed by atoms with Gasteiger partial charge in [0.25, 0.3) is 11.9 Å².